The third-order valence-corrected chi connectivity index (χ3v) is 2.21. The van der Waals surface area contributed by atoms with Gasteiger partial charge in [0.15, 0.2) is 5.13 Å². The van der Waals surface area contributed by atoms with Crippen molar-refractivity contribution in [2.45, 2.75) is 0 Å². The van der Waals surface area contributed by atoms with Crippen LogP contribution in [-0.2, 0) is 0 Å². The highest BCUT2D eigenvalue weighted by Crippen LogP contribution is 2.18. The number of anilines is 1. The van der Waals surface area contributed by atoms with Gasteiger partial charge in [-0.15, -0.1) is 0 Å². The van der Waals surface area contributed by atoms with E-state index in [1.54, 1.807) is 6.20 Å². The highest BCUT2D eigenvalue weighted by Gasteiger charge is 1.97. The molecule has 2 aromatic heterocycles. The van der Waals surface area contributed by atoms with Gasteiger partial charge in [-0.05, 0) is 12.1 Å². The maximum atomic E-state index is 5.48. The summed E-state index contributed by atoms with van der Waals surface area (Å²) < 4.78 is 1.98. The number of hydrogen-bond donors (Lipinski definition) is 1. The zero-order valence-corrected chi connectivity index (χ0v) is 6.58. The Morgan fingerprint density at radius 2 is 2.09 bits per heavy atom. The van der Waals surface area contributed by atoms with Gasteiger partial charge in [0, 0.05) is 12.4 Å². The number of thiazole rings is 1. The molecule has 2 N–H and O–H groups in total. The zero-order chi connectivity index (χ0) is 7.68. The van der Waals surface area contributed by atoms with Gasteiger partial charge in [0.25, 0.3) is 0 Å². The van der Waals surface area contributed by atoms with E-state index in [0.29, 0.717) is 5.13 Å². The summed E-state index contributed by atoms with van der Waals surface area (Å²) in [6, 6.07) is 3.94. The lowest BCUT2D eigenvalue weighted by molar-refractivity contribution is 1.10. The maximum absolute atomic E-state index is 5.48. The fraction of sp³-hybridized carbons (Fsp3) is 0. The third kappa shape index (κ3) is 1.12. The van der Waals surface area contributed by atoms with Crippen molar-refractivity contribution in [1.82, 2.24) is 9.55 Å². The summed E-state index contributed by atoms with van der Waals surface area (Å²) in [7, 11) is 0. The Kier molecular flexibility index (Phi) is 1.40. The minimum atomic E-state index is 0.605. The van der Waals surface area contributed by atoms with E-state index in [2.05, 4.69) is 4.98 Å². The standard InChI is InChI=1S/C7H7N3S/c8-7-9-5-6(11-7)10-3-1-2-4-10/h1-5H,(H2,8,9). The maximum Gasteiger partial charge on any atom is 0.181 e. The van der Waals surface area contributed by atoms with E-state index >= 15 is 0 Å². The molecule has 0 saturated carbocycles. The number of nitrogen functional groups attached to an aromatic ring is 1. The van der Waals surface area contributed by atoms with Crippen LogP contribution in [0.2, 0.25) is 0 Å². The topological polar surface area (TPSA) is 43.8 Å². The van der Waals surface area contributed by atoms with Gasteiger partial charge in [0.1, 0.15) is 5.00 Å². The van der Waals surface area contributed by atoms with Crippen LogP contribution in [0.4, 0.5) is 5.13 Å². The molecular weight excluding hydrogens is 158 g/mol. The summed E-state index contributed by atoms with van der Waals surface area (Å²) in [6.07, 6.45) is 5.69. The summed E-state index contributed by atoms with van der Waals surface area (Å²) in [6.45, 7) is 0. The summed E-state index contributed by atoms with van der Waals surface area (Å²) in [5.74, 6) is 0. The van der Waals surface area contributed by atoms with Gasteiger partial charge < -0.3 is 10.3 Å². The first kappa shape index (κ1) is 6.42. The molecule has 0 spiro atoms. The van der Waals surface area contributed by atoms with E-state index in [9.17, 15) is 0 Å². The number of rotatable bonds is 1. The molecule has 3 nitrogen and oxygen atoms in total. The minimum absolute atomic E-state index is 0.605. The van der Waals surface area contributed by atoms with E-state index in [0.717, 1.165) is 5.00 Å². The van der Waals surface area contributed by atoms with Crippen LogP contribution in [0, 0.1) is 0 Å². The van der Waals surface area contributed by atoms with Gasteiger partial charge in [0.05, 0.1) is 6.20 Å². The molecule has 4 heteroatoms. The molecule has 2 aromatic rings. The normalized spacial score (nSPS) is 10.2. The van der Waals surface area contributed by atoms with Gasteiger partial charge >= 0.3 is 0 Å². The molecule has 0 unspecified atom stereocenters. The van der Waals surface area contributed by atoms with E-state index in [1.807, 2.05) is 29.1 Å². The highest BCUT2D eigenvalue weighted by atomic mass is 32.1. The van der Waals surface area contributed by atoms with Gasteiger partial charge in [-0.2, -0.15) is 0 Å². The molecule has 0 aromatic carbocycles. The Hall–Kier alpha value is -1.29. The molecule has 0 saturated heterocycles. The van der Waals surface area contributed by atoms with Crippen molar-refractivity contribution in [3.8, 4) is 5.00 Å². The summed E-state index contributed by atoms with van der Waals surface area (Å²) in [5, 5.41) is 1.65. The molecule has 0 aliphatic rings. The average Bonchev–Trinajstić information content (AvgIpc) is 2.55. The Morgan fingerprint density at radius 1 is 1.36 bits per heavy atom. The Morgan fingerprint density at radius 3 is 2.64 bits per heavy atom. The molecular formula is C7H7N3S. The van der Waals surface area contributed by atoms with Gasteiger partial charge in [-0.3, -0.25) is 0 Å². The molecule has 56 valence electrons. The summed E-state index contributed by atoms with van der Waals surface area (Å²) in [4.78, 5) is 3.95. The van der Waals surface area contributed by atoms with Crippen LogP contribution in [0.1, 0.15) is 0 Å². The van der Waals surface area contributed by atoms with E-state index < -0.39 is 0 Å². The first-order valence-corrected chi connectivity index (χ1v) is 4.02. The zero-order valence-electron chi connectivity index (χ0n) is 5.77. The first-order valence-electron chi connectivity index (χ1n) is 3.21. The molecule has 0 aliphatic heterocycles. The van der Waals surface area contributed by atoms with Crippen molar-refractivity contribution in [2.24, 2.45) is 0 Å². The van der Waals surface area contributed by atoms with Crippen LogP contribution < -0.4 is 5.73 Å². The smallest absolute Gasteiger partial charge is 0.181 e. The second kappa shape index (κ2) is 2.39. The fourth-order valence-corrected chi connectivity index (χ4v) is 1.53. The van der Waals surface area contributed by atoms with Crippen LogP contribution in [0.15, 0.2) is 30.7 Å². The molecule has 0 aliphatic carbocycles. The lowest BCUT2D eigenvalue weighted by atomic mass is 10.7. The minimum Gasteiger partial charge on any atom is -0.375 e. The SMILES string of the molecule is Nc1ncc(-n2cccc2)s1. The first-order chi connectivity index (χ1) is 5.36. The van der Waals surface area contributed by atoms with Crippen LogP contribution in [-0.4, -0.2) is 9.55 Å². The molecule has 2 rings (SSSR count). The van der Waals surface area contributed by atoms with Crippen molar-refractivity contribution in [3.05, 3.63) is 30.7 Å². The van der Waals surface area contributed by atoms with Crippen LogP contribution >= 0.6 is 11.3 Å². The monoisotopic (exact) mass is 165 g/mol. The third-order valence-electron chi connectivity index (χ3n) is 1.37. The predicted octanol–water partition coefficient (Wildman–Crippen LogP) is 1.52. The Balaban J connectivity index is 2.45. The summed E-state index contributed by atoms with van der Waals surface area (Å²) in [5.41, 5.74) is 5.48. The Bertz CT molecular complexity index is 336. The molecule has 0 bridgehead atoms. The van der Waals surface area contributed by atoms with Crippen LogP contribution in [0.25, 0.3) is 5.00 Å². The number of nitrogens with zero attached hydrogens (tertiary/aromatic N) is 2. The molecule has 11 heavy (non-hydrogen) atoms. The fourth-order valence-electron chi connectivity index (χ4n) is 0.879. The van der Waals surface area contributed by atoms with Crippen molar-refractivity contribution in [3.63, 3.8) is 0 Å². The number of nitrogens with two attached hydrogens (primary N) is 1. The largest absolute Gasteiger partial charge is 0.375 e. The van der Waals surface area contributed by atoms with Gasteiger partial charge in [0.2, 0.25) is 0 Å². The molecule has 2 heterocycles. The highest BCUT2D eigenvalue weighted by molar-refractivity contribution is 7.17. The number of hydrogen-bond acceptors (Lipinski definition) is 3. The van der Waals surface area contributed by atoms with Crippen molar-refractivity contribution < 1.29 is 0 Å². The molecule has 0 radical (unpaired) electrons. The lowest BCUT2D eigenvalue weighted by Gasteiger charge is -1.92. The Labute approximate surface area is 68.1 Å². The van der Waals surface area contributed by atoms with Crippen LogP contribution in [0.3, 0.4) is 0 Å². The van der Waals surface area contributed by atoms with E-state index in [4.69, 9.17) is 5.73 Å². The predicted molar refractivity (Wildman–Crippen MR) is 45.9 cm³/mol. The van der Waals surface area contributed by atoms with Crippen LogP contribution in [0.5, 0.6) is 0 Å². The van der Waals surface area contributed by atoms with Crippen molar-refractivity contribution in [1.29, 1.82) is 0 Å². The van der Waals surface area contributed by atoms with Crippen molar-refractivity contribution >= 4 is 16.5 Å². The molecule has 0 fully saturated rings. The van der Waals surface area contributed by atoms with Gasteiger partial charge in [-0.25, -0.2) is 4.98 Å². The van der Waals surface area contributed by atoms with E-state index in [-0.39, 0.29) is 0 Å². The molecule has 0 amide bonds. The second-order valence-electron chi connectivity index (χ2n) is 2.13. The average molecular weight is 165 g/mol. The van der Waals surface area contributed by atoms with E-state index in [1.165, 1.54) is 11.3 Å². The molecule has 0 atom stereocenters. The van der Waals surface area contributed by atoms with Crippen molar-refractivity contribution in [2.75, 3.05) is 5.73 Å². The number of aromatic nitrogens is 2. The quantitative estimate of drug-likeness (QED) is 0.696. The second-order valence-corrected chi connectivity index (χ2v) is 3.17. The lowest BCUT2D eigenvalue weighted by Crippen LogP contribution is -1.82. The van der Waals surface area contributed by atoms with Gasteiger partial charge in [-0.1, -0.05) is 11.3 Å². The summed E-state index contributed by atoms with van der Waals surface area (Å²) >= 11 is 1.48.